The van der Waals surface area contributed by atoms with E-state index in [0.717, 1.165) is 42.2 Å². The van der Waals surface area contributed by atoms with Crippen LogP contribution < -0.4 is 19.9 Å². The second-order valence-electron chi connectivity index (χ2n) is 7.07. The van der Waals surface area contributed by atoms with Gasteiger partial charge in [-0.2, -0.15) is 0 Å². The Morgan fingerprint density at radius 3 is 2.40 bits per heavy atom. The van der Waals surface area contributed by atoms with Crippen molar-refractivity contribution in [2.75, 3.05) is 32.9 Å². The standard InChI is InChI=1S/C23H28N2O4S/c1-2-27-21-16-18(23(30)25-12-10-17(11-13-25)22(24)26)8-9-20(21)29-15-14-28-19-6-4-3-5-7-19/h3-9,16-17H,2,10-15H2,1H3,(H2,24,26). The van der Waals surface area contributed by atoms with Crippen molar-refractivity contribution in [3.63, 3.8) is 0 Å². The summed E-state index contributed by atoms with van der Waals surface area (Å²) in [6, 6.07) is 15.4. The maximum absolute atomic E-state index is 11.4. The third-order valence-corrected chi connectivity index (χ3v) is 5.52. The van der Waals surface area contributed by atoms with Gasteiger partial charge in [0, 0.05) is 24.6 Å². The lowest BCUT2D eigenvalue weighted by Gasteiger charge is -2.32. The predicted octanol–water partition coefficient (Wildman–Crippen LogP) is 3.42. The minimum atomic E-state index is -0.225. The SMILES string of the molecule is CCOc1cc(C(=S)N2CCC(C(N)=O)CC2)ccc1OCCOc1ccccc1. The summed E-state index contributed by atoms with van der Waals surface area (Å²) in [5.74, 6) is 1.84. The van der Waals surface area contributed by atoms with Gasteiger partial charge in [-0.05, 0) is 50.1 Å². The van der Waals surface area contributed by atoms with Gasteiger partial charge < -0.3 is 24.8 Å². The first kappa shape index (κ1) is 21.9. The predicted molar refractivity (Wildman–Crippen MR) is 120 cm³/mol. The molecule has 1 saturated heterocycles. The van der Waals surface area contributed by atoms with E-state index in [2.05, 4.69) is 4.90 Å². The fourth-order valence-electron chi connectivity index (χ4n) is 3.41. The summed E-state index contributed by atoms with van der Waals surface area (Å²) in [5.41, 5.74) is 6.32. The fourth-order valence-corrected chi connectivity index (χ4v) is 3.72. The molecule has 3 rings (SSSR count). The lowest BCUT2D eigenvalue weighted by atomic mass is 9.96. The van der Waals surface area contributed by atoms with Gasteiger partial charge in [-0.15, -0.1) is 0 Å². The molecule has 1 amide bonds. The topological polar surface area (TPSA) is 74.0 Å². The van der Waals surface area contributed by atoms with E-state index in [1.165, 1.54) is 0 Å². The van der Waals surface area contributed by atoms with E-state index in [1.807, 2.05) is 55.5 Å². The number of amides is 1. The number of hydrogen-bond donors (Lipinski definition) is 1. The van der Waals surface area contributed by atoms with Crippen LogP contribution >= 0.6 is 12.2 Å². The highest BCUT2D eigenvalue weighted by Crippen LogP contribution is 2.30. The molecular formula is C23H28N2O4S. The van der Waals surface area contributed by atoms with Gasteiger partial charge in [0.2, 0.25) is 5.91 Å². The average Bonchev–Trinajstić information content (AvgIpc) is 2.78. The molecule has 30 heavy (non-hydrogen) atoms. The Morgan fingerprint density at radius 1 is 1.03 bits per heavy atom. The van der Waals surface area contributed by atoms with Crippen LogP contribution in [0.15, 0.2) is 48.5 Å². The Balaban J connectivity index is 1.58. The van der Waals surface area contributed by atoms with Crippen molar-refractivity contribution in [2.24, 2.45) is 11.7 Å². The molecule has 2 N–H and O–H groups in total. The molecule has 1 aliphatic heterocycles. The van der Waals surface area contributed by atoms with E-state index >= 15 is 0 Å². The fraction of sp³-hybridized carbons (Fsp3) is 0.391. The molecule has 1 aliphatic rings. The molecule has 1 heterocycles. The number of carbonyl (C=O) groups excluding carboxylic acids is 1. The Morgan fingerprint density at radius 2 is 1.73 bits per heavy atom. The number of likely N-dealkylation sites (tertiary alicyclic amines) is 1. The first-order valence-corrected chi connectivity index (χ1v) is 10.7. The molecule has 2 aromatic rings. The summed E-state index contributed by atoms with van der Waals surface area (Å²) < 4.78 is 17.3. The minimum Gasteiger partial charge on any atom is -0.490 e. The molecule has 7 heteroatoms. The summed E-state index contributed by atoms with van der Waals surface area (Å²) in [6.45, 7) is 4.75. The molecule has 1 fully saturated rings. The first-order valence-electron chi connectivity index (χ1n) is 10.2. The van der Waals surface area contributed by atoms with Gasteiger partial charge >= 0.3 is 0 Å². The van der Waals surface area contributed by atoms with E-state index in [9.17, 15) is 4.79 Å². The quantitative estimate of drug-likeness (QED) is 0.487. The molecule has 0 aliphatic carbocycles. The molecule has 0 radical (unpaired) electrons. The van der Waals surface area contributed by atoms with Gasteiger partial charge in [-0.1, -0.05) is 30.4 Å². The van der Waals surface area contributed by atoms with Crippen molar-refractivity contribution in [1.29, 1.82) is 0 Å². The van der Waals surface area contributed by atoms with Gasteiger partial charge in [0.15, 0.2) is 11.5 Å². The van der Waals surface area contributed by atoms with Crippen LogP contribution in [0.5, 0.6) is 17.2 Å². The Labute approximate surface area is 182 Å². The molecule has 0 saturated carbocycles. The van der Waals surface area contributed by atoms with Crippen LogP contribution in [0, 0.1) is 5.92 Å². The molecule has 2 aromatic carbocycles. The summed E-state index contributed by atoms with van der Waals surface area (Å²) in [6.07, 6.45) is 1.47. The highest BCUT2D eigenvalue weighted by molar-refractivity contribution is 7.80. The molecule has 0 aromatic heterocycles. The van der Waals surface area contributed by atoms with Crippen molar-refractivity contribution in [3.05, 3.63) is 54.1 Å². The summed E-state index contributed by atoms with van der Waals surface area (Å²) in [4.78, 5) is 14.2. The van der Waals surface area contributed by atoms with Crippen molar-refractivity contribution >= 4 is 23.1 Å². The van der Waals surface area contributed by atoms with Gasteiger partial charge in [-0.3, -0.25) is 4.79 Å². The largest absolute Gasteiger partial charge is 0.490 e. The zero-order chi connectivity index (χ0) is 21.3. The third kappa shape index (κ3) is 5.86. The monoisotopic (exact) mass is 428 g/mol. The number of primary amides is 1. The molecular weight excluding hydrogens is 400 g/mol. The summed E-state index contributed by atoms with van der Waals surface area (Å²) >= 11 is 5.69. The van der Waals surface area contributed by atoms with Crippen molar-refractivity contribution in [1.82, 2.24) is 4.90 Å². The molecule has 0 atom stereocenters. The number of nitrogens with zero attached hydrogens (tertiary/aromatic N) is 1. The average molecular weight is 429 g/mol. The number of hydrogen-bond acceptors (Lipinski definition) is 5. The molecule has 160 valence electrons. The highest BCUT2D eigenvalue weighted by Gasteiger charge is 2.25. The number of rotatable bonds is 9. The zero-order valence-corrected chi connectivity index (χ0v) is 18.0. The molecule has 0 spiro atoms. The lowest BCUT2D eigenvalue weighted by molar-refractivity contribution is -0.122. The van der Waals surface area contributed by atoms with E-state index in [4.69, 9.17) is 32.2 Å². The Kier molecular flexibility index (Phi) is 7.90. The second-order valence-corrected chi connectivity index (χ2v) is 7.46. The molecule has 6 nitrogen and oxygen atoms in total. The number of para-hydroxylation sites is 1. The van der Waals surface area contributed by atoms with Gasteiger partial charge in [0.1, 0.15) is 24.0 Å². The third-order valence-electron chi connectivity index (χ3n) is 5.03. The van der Waals surface area contributed by atoms with Crippen LogP contribution in [0.1, 0.15) is 25.3 Å². The number of benzene rings is 2. The van der Waals surface area contributed by atoms with Gasteiger partial charge in [0.25, 0.3) is 0 Å². The smallest absolute Gasteiger partial charge is 0.220 e. The minimum absolute atomic E-state index is 0.0584. The normalized spacial score (nSPS) is 14.2. The van der Waals surface area contributed by atoms with Crippen LogP contribution in [0.25, 0.3) is 0 Å². The van der Waals surface area contributed by atoms with E-state index in [1.54, 1.807) is 0 Å². The van der Waals surface area contributed by atoms with Crippen molar-refractivity contribution in [2.45, 2.75) is 19.8 Å². The lowest BCUT2D eigenvalue weighted by Crippen LogP contribution is -2.41. The Bertz CT molecular complexity index is 852. The van der Waals surface area contributed by atoms with Crippen LogP contribution in [-0.4, -0.2) is 48.7 Å². The van der Waals surface area contributed by atoms with Crippen LogP contribution in [-0.2, 0) is 4.79 Å². The van der Waals surface area contributed by atoms with E-state index in [0.29, 0.717) is 31.3 Å². The van der Waals surface area contributed by atoms with E-state index < -0.39 is 0 Å². The van der Waals surface area contributed by atoms with Crippen LogP contribution in [0.4, 0.5) is 0 Å². The second kappa shape index (κ2) is 10.8. The molecule has 0 unspecified atom stereocenters. The maximum atomic E-state index is 11.4. The van der Waals surface area contributed by atoms with Gasteiger partial charge in [0.05, 0.1) is 6.61 Å². The van der Waals surface area contributed by atoms with Crippen LogP contribution in [0.3, 0.4) is 0 Å². The number of nitrogens with two attached hydrogens (primary N) is 1. The number of thiocarbonyl (C=S) groups is 1. The summed E-state index contributed by atoms with van der Waals surface area (Å²) in [7, 11) is 0. The maximum Gasteiger partial charge on any atom is 0.220 e. The highest BCUT2D eigenvalue weighted by atomic mass is 32.1. The summed E-state index contributed by atoms with van der Waals surface area (Å²) in [5, 5.41) is 0. The van der Waals surface area contributed by atoms with Crippen LogP contribution in [0.2, 0.25) is 0 Å². The number of ether oxygens (including phenoxy) is 3. The molecule has 0 bridgehead atoms. The van der Waals surface area contributed by atoms with Gasteiger partial charge in [-0.25, -0.2) is 0 Å². The first-order chi connectivity index (χ1) is 14.6. The number of piperidine rings is 1. The van der Waals surface area contributed by atoms with E-state index in [-0.39, 0.29) is 11.8 Å². The zero-order valence-electron chi connectivity index (χ0n) is 17.2. The Hall–Kier alpha value is -2.80. The van der Waals surface area contributed by atoms with Crippen molar-refractivity contribution in [3.8, 4) is 17.2 Å². The number of carbonyl (C=O) groups is 1. The van der Waals surface area contributed by atoms with Crippen molar-refractivity contribution < 1.29 is 19.0 Å².